The second kappa shape index (κ2) is 7.74. The van der Waals surface area contributed by atoms with E-state index in [1.165, 1.54) is 6.07 Å². The molecule has 0 saturated carbocycles. The van der Waals surface area contributed by atoms with Gasteiger partial charge in [-0.05, 0) is 13.0 Å². The van der Waals surface area contributed by atoms with Crippen LogP contribution in [0.25, 0.3) is 11.3 Å². The molecule has 2 N–H and O–H groups in total. The first-order chi connectivity index (χ1) is 13.1. The predicted octanol–water partition coefficient (Wildman–Crippen LogP) is 2.40. The molecule has 1 fully saturated rings. The van der Waals surface area contributed by atoms with Gasteiger partial charge in [0.1, 0.15) is 12.0 Å². The Morgan fingerprint density at radius 3 is 2.50 bits per heavy atom. The molecule has 11 heteroatoms. The van der Waals surface area contributed by atoms with Crippen LogP contribution in [-0.4, -0.2) is 39.1 Å². The van der Waals surface area contributed by atoms with Gasteiger partial charge in [-0.3, -0.25) is 9.78 Å². The second-order valence-electron chi connectivity index (χ2n) is 6.43. The smallest absolute Gasteiger partial charge is 0.351 e. The van der Waals surface area contributed by atoms with E-state index in [1.54, 1.807) is 6.92 Å². The summed E-state index contributed by atoms with van der Waals surface area (Å²) in [4.78, 5) is 22.4. The van der Waals surface area contributed by atoms with Crippen molar-refractivity contribution in [1.29, 1.82) is 0 Å². The number of carbonyl (C=O) groups is 1. The first kappa shape index (κ1) is 20.1. The van der Waals surface area contributed by atoms with Crippen LogP contribution in [0.5, 0.6) is 0 Å². The summed E-state index contributed by atoms with van der Waals surface area (Å²) in [6.07, 6.45) is -3.02. The number of nitrogens with zero attached hydrogens (tertiary/aromatic N) is 3. The molecule has 150 valence electrons. The van der Waals surface area contributed by atoms with Crippen molar-refractivity contribution in [1.82, 2.24) is 25.6 Å². The molecule has 3 rings (SSSR count). The lowest BCUT2D eigenvalue weighted by Gasteiger charge is -2.13. The number of hydrogen-bond acceptors (Lipinski definition) is 5. The maximum atomic E-state index is 14.0. The van der Waals surface area contributed by atoms with Crippen molar-refractivity contribution in [2.75, 3.05) is 0 Å². The highest BCUT2D eigenvalue weighted by Gasteiger charge is 2.35. The zero-order chi connectivity index (χ0) is 20.5. The third-order valence-electron chi connectivity index (χ3n) is 4.37. The maximum Gasteiger partial charge on any atom is 0.451 e. The molecule has 0 unspecified atom stereocenters. The van der Waals surface area contributed by atoms with Gasteiger partial charge in [-0.25, -0.2) is 18.7 Å². The third-order valence-corrected chi connectivity index (χ3v) is 4.37. The standard InChI is InChI=1S/C17H16F5N5O/c1-8-11(18)3-14(27-8)15(28)24-4-9-2-13(23-7-12(9)19)10-5-25-16(26-6-10)17(20,21)22/h2,5-8,11,14,27H,3-4H2,1H3,(H,24,28)/t8-,11+,14-/m1/s1. The topological polar surface area (TPSA) is 79.8 Å². The largest absolute Gasteiger partial charge is 0.451 e. The highest BCUT2D eigenvalue weighted by Crippen LogP contribution is 2.27. The van der Waals surface area contributed by atoms with Crippen LogP contribution in [0.3, 0.4) is 0 Å². The van der Waals surface area contributed by atoms with E-state index in [0.717, 1.165) is 18.6 Å². The molecule has 1 aliphatic heterocycles. The van der Waals surface area contributed by atoms with Gasteiger partial charge < -0.3 is 10.6 Å². The number of alkyl halides is 4. The van der Waals surface area contributed by atoms with E-state index >= 15 is 0 Å². The summed E-state index contributed by atoms with van der Waals surface area (Å²) >= 11 is 0. The van der Waals surface area contributed by atoms with Gasteiger partial charge in [0.05, 0.1) is 17.9 Å². The highest BCUT2D eigenvalue weighted by atomic mass is 19.4. The van der Waals surface area contributed by atoms with Crippen molar-refractivity contribution >= 4 is 5.91 Å². The molecule has 3 heterocycles. The van der Waals surface area contributed by atoms with Crippen LogP contribution in [-0.2, 0) is 17.5 Å². The van der Waals surface area contributed by atoms with E-state index in [0.29, 0.717) is 0 Å². The highest BCUT2D eigenvalue weighted by molar-refractivity contribution is 5.82. The molecule has 0 aromatic carbocycles. The summed E-state index contributed by atoms with van der Waals surface area (Å²) in [5.41, 5.74) is 0.379. The zero-order valence-electron chi connectivity index (χ0n) is 14.6. The Labute approximate surface area is 156 Å². The fourth-order valence-electron chi connectivity index (χ4n) is 2.79. The molecule has 1 amide bonds. The van der Waals surface area contributed by atoms with Gasteiger partial charge in [0.2, 0.25) is 11.7 Å². The van der Waals surface area contributed by atoms with Gasteiger partial charge in [0, 0.05) is 42.5 Å². The molecule has 1 aliphatic rings. The van der Waals surface area contributed by atoms with E-state index in [4.69, 9.17) is 0 Å². The predicted molar refractivity (Wildman–Crippen MR) is 88.0 cm³/mol. The molecule has 1 saturated heterocycles. The fraction of sp³-hybridized carbons (Fsp3) is 0.412. The van der Waals surface area contributed by atoms with Gasteiger partial charge >= 0.3 is 6.18 Å². The van der Waals surface area contributed by atoms with E-state index < -0.39 is 42.0 Å². The SMILES string of the molecule is C[C@H]1N[C@@H](C(=O)NCc2cc(-c3cnc(C(F)(F)F)nc3)ncc2F)C[C@@H]1F. The first-order valence-electron chi connectivity index (χ1n) is 8.37. The number of rotatable bonds is 4. The lowest BCUT2D eigenvalue weighted by molar-refractivity contribution is -0.145. The number of carbonyl (C=O) groups excluding carboxylic acids is 1. The molecule has 28 heavy (non-hydrogen) atoms. The quantitative estimate of drug-likeness (QED) is 0.770. The summed E-state index contributed by atoms with van der Waals surface area (Å²) in [5, 5.41) is 5.32. The molecule has 0 bridgehead atoms. The minimum absolute atomic E-state index is 0.0277. The van der Waals surface area contributed by atoms with Crippen molar-refractivity contribution in [2.45, 2.75) is 44.3 Å². The molecule has 2 aromatic rings. The number of amides is 1. The van der Waals surface area contributed by atoms with Crippen molar-refractivity contribution < 1.29 is 26.7 Å². The van der Waals surface area contributed by atoms with Gasteiger partial charge in [0.15, 0.2) is 0 Å². The Bertz CT molecular complexity index is 848. The Hall–Kier alpha value is -2.69. The zero-order valence-corrected chi connectivity index (χ0v) is 14.6. The molecular weight excluding hydrogens is 385 g/mol. The van der Waals surface area contributed by atoms with Crippen LogP contribution in [0.2, 0.25) is 0 Å². The van der Waals surface area contributed by atoms with Gasteiger partial charge in [0.25, 0.3) is 0 Å². The molecule has 6 nitrogen and oxygen atoms in total. The minimum atomic E-state index is -4.67. The summed E-state index contributed by atoms with van der Waals surface area (Å²) in [7, 11) is 0. The molecule has 2 aromatic heterocycles. The monoisotopic (exact) mass is 401 g/mol. The number of hydrogen-bond donors (Lipinski definition) is 2. The van der Waals surface area contributed by atoms with Gasteiger partial charge in [-0.15, -0.1) is 0 Å². The van der Waals surface area contributed by atoms with Crippen LogP contribution in [0, 0.1) is 5.82 Å². The lowest BCUT2D eigenvalue weighted by atomic mass is 10.1. The van der Waals surface area contributed by atoms with Gasteiger partial charge in [-0.1, -0.05) is 0 Å². The van der Waals surface area contributed by atoms with Gasteiger partial charge in [-0.2, -0.15) is 13.2 Å². The Balaban J connectivity index is 1.70. The average Bonchev–Trinajstić information content (AvgIpc) is 2.99. The average molecular weight is 401 g/mol. The first-order valence-corrected chi connectivity index (χ1v) is 8.37. The Morgan fingerprint density at radius 2 is 1.93 bits per heavy atom. The van der Waals surface area contributed by atoms with E-state index in [-0.39, 0.29) is 29.8 Å². The van der Waals surface area contributed by atoms with Crippen LogP contribution < -0.4 is 10.6 Å². The molecule has 3 atom stereocenters. The summed E-state index contributed by atoms with van der Waals surface area (Å²) < 4.78 is 65.1. The van der Waals surface area contributed by atoms with Crippen LogP contribution in [0.4, 0.5) is 22.0 Å². The second-order valence-corrected chi connectivity index (χ2v) is 6.43. The number of nitrogens with one attached hydrogen (secondary N) is 2. The Kier molecular flexibility index (Phi) is 5.54. The van der Waals surface area contributed by atoms with E-state index in [9.17, 15) is 26.7 Å². The van der Waals surface area contributed by atoms with E-state index in [2.05, 4.69) is 25.6 Å². The Morgan fingerprint density at radius 1 is 1.25 bits per heavy atom. The van der Waals surface area contributed by atoms with Crippen molar-refractivity contribution in [3.05, 3.63) is 41.9 Å². The summed E-state index contributed by atoms with van der Waals surface area (Å²) in [6.45, 7) is 1.43. The van der Waals surface area contributed by atoms with Crippen molar-refractivity contribution in [2.24, 2.45) is 0 Å². The molecule has 0 radical (unpaired) electrons. The van der Waals surface area contributed by atoms with Crippen LogP contribution >= 0.6 is 0 Å². The number of halogens is 5. The fourth-order valence-corrected chi connectivity index (χ4v) is 2.79. The summed E-state index contributed by atoms with van der Waals surface area (Å²) in [5.74, 6) is -2.47. The number of aromatic nitrogens is 3. The minimum Gasteiger partial charge on any atom is -0.351 e. The maximum absolute atomic E-state index is 14.0. The molecule has 0 spiro atoms. The molecule has 0 aliphatic carbocycles. The van der Waals surface area contributed by atoms with Crippen LogP contribution in [0.15, 0.2) is 24.7 Å². The normalized spacial score (nSPS) is 22.3. The lowest BCUT2D eigenvalue weighted by Crippen LogP contribution is -2.42. The third kappa shape index (κ3) is 4.41. The van der Waals surface area contributed by atoms with Crippen molar-refractivity contribution in [3.63, 3.8) is 0 Å². The van der Waals surface area contributed by atoms with Crippen LogP contribution in [0.1, 0.15) is 24.7 Å². The van der Waals surface area contributed by atoms with E-state index in [1.807, 2.05) is 0 Å². The van der Waals surface area contributed by atoms with Crippen molar-refractivity contribution in [3.8, 4) is 11.3 Å². The molecular formula is C17H16F5N5O. The summed E-state index contributed by atoms with van der Waals surface area (Å²) in [6, 6.07) is 0.127. The number of pyridine rings is 1.